The molecule has 25 heavy (non-hydrogen) atoms. The Hall–Kier alpha value is -1.11. The molecule has 2 saturated carbocycles. The van der Waals surface area contributed by atoms with Crippen molar-refractivity contribution in [3.05, 3.63) is 28.8 Å². The molecule has 138 valence electrons. The average Bonchev–Trinajstić information content (AvgIpc) is 3.17. The summed E-state index contributed by atoms with van der Waals surface area (Å²) in [5.41, 5.74) is 0.208. The molecule has 1 amide bonds. The molecular weight excluding hydrogens is 360 g/mol. The van der Waals surface area contributed by atoms with Gasteiger partial charge in [-0.2, -0.15) is 0 Å². The zero-order valence-electron chi connectivity index (χ0n) is 14.8. The summed E-state index contributed by atoms with van der Waals surface area (Å²) in [6.07, 6.45) is 5.03. The molecule has 2 aliphatic rings. The molecule has 0 spiro atoms. The molecular formula is C18H25ClN2O3S. The molecule has 1 aromatic rings. The van der Waals surface area contributed by atoms with Crippen molar-refractivity contribution in [1.29, 1.82) is 0 Å². The lowest BCUT2D eigenvalue weighted by molar-refractivity contribution is 0.0915. The molecule has 5 nitrogen and oxygen atoms in total. The molecule has 0 heterocycles. The molecule has 7 heteroatoms. The second kappa shape index (κ2) is 6.89. The minimum Gasteiger partial charge on any atom is -0.349 e. The van der Waals surface area contributed by atoms with E-state index in [2.05, 4.69) is 5.32 Å². The molecule has 4 atom stereocenters. The summed E-state index contributed by atoms with van der Waals surface area (Å²) >= 11 is 6.16. The topological polar surface area (TPSA) is 66.5 Å². The maximum absolute atomic E-state index is 12.7. The van der Waals surface area contributed by atoms with E-state index in [1.54, 1.807) is 0 Å². The van der Waals surface area contributed by atoms with Crippen molar-refractivity contribution < 1.29 is 13.2 Å². The first-order valence-corrected chi connectivity index (χ1v) is 10.5. The first-order valence-electron chi connectivity index (χ1n) is 8.73. The largest absolute Gasteiger partial charge is 0.349 e. The molecule has 2 bridgehead atoms. The smallest absolute Gasteiger partial charge is 0.253 e. The van der Waals surface area contributed by atoms with Crippen molar-refractivity contribution in [2.24, 2.45) is 17.8 Å². The van der Waals surface area contributed by atoms with Gasteiger partial charge in [0.25, 0.3) is 5.91 Å². The fraction of sp³-hybridized carbons (Fsp3) is 0.611. The molecule has 1 N–H and O–H groups in total. The normalized spacial score (nSPS) is 26.8. The van der Waals surface area contributed by atoms with Gasteiger partial charge in [-0.05, 0) is 62.1 Å². The van der Waals surface area contributed by atoms with Crippen LogP contribution in [-0.2, 0) is 10.0 Å². The number of halogens is 1. The van der Waals surface area contributed by atoms with Gasteiger partial charge in [-0.3, -0.25) is 4.79 Å². The maximum Gasteiger partial charge on any atom is 0.253 e. The SMILES string of the molecule is C[C@@H](NC(=O)c1cc(S(=O)(=O)N(C)C)ccc1Cl)[C@@H]1C[C@H]2CC[C@H]1C2. The van der Waals surface area contributed by atoms with Crippen molar-refractivity contribution in [2.75, 3.05) is 14.1 Å². The van der Waals surface area contributed by atoms with E-state index < -0.39 is 10.0 Å². The Morgan fingerprint density at radius 3 is 2.56 bits per heavy atom. The van der Waals surface area contributed by atoms with Crippen LogP contribution in [0.25, 0.3) is 0 Å². The van der Waals surface area contributed by atoms with Crippen LogP contribution in [0.3, 0.4) is 0 Å². The van der Waals surface area contributed by atoms with Crippen molar-refractivity contribution in [3.63, 3.8) is 0 Å². The van der Waals surface area contributed by atoms with Crippen molar-refractivity contribution in [2.45, 2.75) is 43.5 Å². The van der Waals surface area contributed by atoms with Gasteiger partial charge in [0.15, 0.2) is 0 Å². The quantitative estimate of drug-likeness (QED) is 0.847. The van der Waals surface area contributed by atoms with Gasteiger partial charge >= 0.3 is 0 Å². The number of amides is 1. The standard InChI is InChI=1S/C18H25ClN2O3S/c1-11(15-9-12-4-5-13(15)8-12)20-18(22)16-10-14(6-7-17(16)19)25(23,24)21(2)3/h6-7,10-13,15H,4-5,8-9H2,1-3H3,(H,20,22)/t11-,12+,13+,15+/m1/s1. The number of fused-ring (bicyclic) bond motifs is 2. The summed E-state index contributed by atoms with van der Waals surface area (Å²) in [4.78, 5) is 12.8. The van der Waals surface area contributed by atoms with Crippen LogP contribution in [0.4, 0.5) is 0 Å². The number of sulfonamides is 1. The number of hydrogen-bond acceptors (Lipinski definition) is 3. The summed E-state index contributed by atoms with van der Waals surface area (Å²) < 4.78 is 25.7. The Kier molecular flexibility index (Phi) is 5.15. The number of rotatable bonds is 5. The molecule has 2 aliphatic carbocycles. The fourth-order valence-electron chi connectivity index (χ4n) is 4.35. The van der Waals surface area contributed by atoms with Crippen LogP contribution in [-0.4, -0.2) is 38.8 Å². The van der Waals surface area contributed by atoms with Crippen LogP contribution < -0.4 is 5.32 Å². The molecule has 0 aliphatic heterocycles. The van der Waals surface area contributed by atoms with Gasteiger partial charge in [-0.1, -0.05) is 18.0 Å². The first-order chi connectivity index (χ1) is 11.7. The number of carbonyl (C=O) groups excluding carboxylic acids is 1. The Morgan fingerprint density at radius 2 is 2.00 bits per heavy atom. The van der Waals surface area contributed by atoms with Crippen LogP contribution in [0.2, 0.25) is 5.02 Å². The fourth-order valence-corrected chi connectivity index (χ4v) is 5.48. The predicted molar refractivity (Wildman–Crippen MR) is 98.2 cm³/mol. The van der Waals surface area contributed by atoms with Gasteiger partial charge in [-0.15, -0.1) is 0 Å². The van der Waals surface area contributed by atoms with Gasteiger partial charge in [0.05, 0.1) is 15.5 Å². The van der Waals surface area contributed by atoms with Crippen LogP contribution in [0.5, 0.6) is 0 Å². The molecule has 2 fully saturated rings. The highest BCUT2D eigenvalue weighted by Crippen LogP contribution is 2.49. The third-order valence-electron chi connectivity index (χ3n) is 5.75. The predicted octanol–water partition coefficient (Wildman–Crippen LogP) is 3.14. The van der Waals surface area contributed by atoms with Crippen LogP contribution in [0.15, 0.2) is 23.1 Å². The van der Waals surface area contributed by atoms with Crippen molar-refractivity contribution >= 4 is 27.5 Å². The second-order valence-corrected chi connectivity index (χ2v) is 10.1. The molecule has 1 aromatic carbocycles. The van der Waals surface area contributed by atoms with Crippen molar-refractivity contribution in [1.82, 2.24) is 9.62 Å². The first kappa shape index (κ1) is 18.7. The maximum atomic E-state index is 12.7. The Morgan fingerprint density at radius 1 is 1.28 bits per heavy atom. The van der Waals surface area contributed by atoms with E-state index >= 15 is 0 Å². The van der Waals surface area contributed by atoms with Gasteiger partial charge in [0.2, 0.25) is 10.0 Å². The lowest BCUT2D eigenvalue weighted by Gasteiger charge is -2.28. The molecule has 3 rings (SSSR count). The summed E-state index contributed by atoms with van der Waals surface area (Å²) in [5, 5.41) is 3.30. The Bertz CT molecular complexity index is 779. The van der Waals surface area contributed by atoms with Crippen LogP contribution in [0, 0.1) is 17.8 Å². The number of nitrogens with one attached hydrogen (secondary N) is 1. The minimum absolute atomic E-state index is 0.0629. The van der Waals surface area contributed by atoms with Crippen molar-refractivity contribution in [3.8, 4) is 0 Å². The zero-order valence-corrected chi connectivity index (χ0v) is 16.4. The summed E-state index contributed by atoms with van der Waals surface area (Å²) in [5.74, 6) is 1.72. The van der Waals surface area contributed by atoms with E-state index in [1.807, 2.05) is 6.92 Å². The third-order valence-corrected chi connectivity index (χ3v) is 7.90. The number of carbonyl (C=O) groups is 1. The summed E-state index contributed by atoms with van der Waals surface area (Å²) in [6.45, 7) is 2.04. The number of hydrogen-bond donors (Lipinski definition) is 1. The Balaban J connectivity index is 1.78. The van der Waals surface area contributed by atoms with E-state index in [1.165, 1.54) is 58.0 Å². The lowest BCUT2D eigenvalue weighted by atomic mass is 9.84. The highest BCUT2D eigenvalue weighted by atomic mass is 35.5. The number of nitrogens with zero attached hydrogens (tertiary/aromatic N) is 1. The van der Waals surface area contributed by atoms with E-state index in [9.17, 15) is 13.2 Å². The van der Waals surface area contributed by atoms with Crippen LogP contribution >= 0.6 is 11.6 Å². The molecule has 0 radical (unpaired) electrons. The van der Waals surface area contributed by atoms with Gasteiger partial charge in [0, 0.05) is 20.1 Å². The summed E-state index contributed by atoms with van der Waals surface area (Å²) in [6, 6.07) is 4.32. The molecule has 0 saturated heterocycles. The van der Waals surface area contributed by atoms with E-state index in [-0.39, 0.29) is 27.4 Å². The van der Waals surface area contributed by atoms with Gasteiger partial charge in [-0.25, -0.2) is 12.7 Å². The zero-order chi connectivity index (χ0) is 18.4. The highest BCUT2D eigenvalue weighted by Gasteiger charge is 2.42. The second-order valence-electron chi connectivity index (χ2n) is 7.53. The van der Waals surface area contributed by atoms with Gasteiger partial charge < -0.3 is 5.32 Å². The number of benzene rings is 1. The van der Waals surface area contributed by atoms with Crippen LogP contribution in [0.1, 0.15) is 43.0 Å². The average molecular weight is 385 g/mol. The summed E-state index contributed by atoms with van der Waals surface area (Å²) in [7, 11) is -0.688. The lowest BCUT2D eigenvalue weighted by Crippen LogP contribution is -2.40. The highest BCUT2D eigenvalue weighted by molar-refractivity contribution is 7.89. The monoisotopic (exact) mass is 384 g/mol. The third kappa shape index (κ3) is 3.57. The molecule has 0 aromatic heterocycles. The Labute approximate surface area is 154 Å². The van der Waals surface area contributed by atoms with E-state index in [4.69, 9.17) is 11.6 Å². The van der Waals surface area contributed by atoms with E-state index in [0.29, 0.717) is 11.8 Å². The van der Waals surface area contributed by atoms with E-state index in [0.717, 1.165) is 10.2 Å². The molecule has 0 unspecified atom stereocenters. The van der Waals surface area contributed by atoms with Gasteiger partial charge in [0.1, 0.15) is 0 Å². The minimum atomic E-state index is -3.61.